The summed E-state index contributed by atoms with van der Waals surface area (Å²) in [5.41, 5.74) is 0.440. The van der Waals surface area contributed by atoms with E-state index in [1.807, 2.05) is 34.6 Å². The molecule has 0 unspecified atom stereocenters. The van der Waals surface area contributed by atoms with Crippen LogP contribution in [0.2, 0.25) is 0 Å². The van der Waals surface area contributed by atoms with Crippen molar-refractivity contribution in [1.82, 2.24) is 0 Å². The van der Waals surface area contributed by atoms with Crippen LogP contribution in [0.15, 0.2) is 11.3 Å². The van der Waals surface area contributed by atoms with Crippen molar-refractivity contribution in [2.75, 3.05) is 13.2 Å². The zero-order valence-corrected chi connectivity index (χ0v) is 11.1. The van der Waals surface area contributed by atoms with E-state index in [1.165, 1.54) is 0 Å². The maximum Gasteiger partial charge on any atom is 0.294 e. The predicted molar refractivity (Wildman–Crippen MR) is 62.3 cm³/mol. The van der Waals surface area contributed by atoms with Crippen molar-refractivity contribution in [2.45, 2.75) is 46.5 Å². The molecular weight excluding hydrogens is 220 g/mol. The molecule has 0 atom stereocenters. The zero-order chi connectivity index (χ0) is 12.8. The summed E-state index contributed by atoms with van der Waals surface area (Å²) < 4.78 is 16.7. The number of ketones is 1. The Bertz CT molecular complexity index is 367. The molecule has 0 radical (unpaired) electrons. The first kappa shape index (κ1) is 12.6. The molecule has 0 amide bonds. The van der Waals surface area contributed by atoms with E-state index >= 15 is 0 Å². The van der Waals surface area contributed by atoms with Gasteiger partial charge in [0, 0.05) is 0 Å². The van der Waals surface area contributed by atoms with Gasteiger partial charge < -0.3 is 14.2 Å². The van der Waals surface area contributed by atoms with Crippen molar-refractivity contribution in [3.05, 3.63) is 11.3 Å². The largest absolute Gasteiger partial charge is 0.489 e. The van der Waals surface area contributed by atoms with Gasteiger partial charge in [0.05, 0.1) is 24.9 Å². The van der Waals surface area contributed by atoms with Gasteiger partial charge in [0.25, 0.3) is 5.79 Å². The molecule has 1 heterocycles. The minimum atomic E-state index is -1.23. The Morgan fingerprint density at radius 1 is 1.24 bits per heavy atom. The average molecular weight is 240 g/mol. The molecule has 0 N–H and O–H groups in total. The van der Waals surface area contributed by atoms with E-state index in [-0.39, 0.29) is 17.3 Å². The first-order valence-electron chi connectivity index (χ1n) is 6.03. The van der Waals surface area contributed by atoms with Crippen LogP contribution in [0.4, 0.5) is 0 Å². The molecule has 0 bridgehead atoms. The number of carbonyl (C=O) groups is 1. The van der Waals surface area contributed by atoms with Crippen LogP contribution in [0.5, 0.6) is 0 Å². The van der Waals surface area contributed by atoms with Gasteiger partial charge in [-0.25, -0.2) is 0 Å². The molecule has 0 aromatic carbocycles. The Hall–Kier alpha value is -0.870. The molecule has 2 aliphatic rings. The smallest absolute Gasteiger partial charge is 0.294 e. The van der Waals surface area contributed by atoms with Gasteiger partial charge in [-0.1, -0.05) is 20.8 Å². The number of hydrogen-bond acceptors (Lipinski definition) is 4. The third-order valence-electron chi connectivity index (χ3n) is 2.85. The van der Waals surface area contributed by atoms with Gasteiger partial charge in [0.15, 0.2) is 5.76 Å². The van der Waals surface area contributed by atoms with Crippen LogP contribution < -0.4 is 0 Å². The summed E-state index contributed by atoms with van der Waals surface area (Å²) in [7, 11) is 0. The zero-order valence-electron chi connectivity index (χ0n) is 11.1. The van der Waals surface area contributed by atoms with Crippen molar-refractivity contribution in [3.8, 4) is 0 Å². The highest BCUT2D eigenvalue weighted by Gasteiger charge is 2.63. The molecule has 1 aliphatic carbocycles. The molecule has 1 spiro atoms. The van der Waals surface area contributed by atoms with Crippen molar-refractivity contribution >= 4 is 5.78 Å². The number of carbonyl (C=O) groups excluding carboxylic acids is 1. The van der Waals surface area contributed by atoms with Gasteiger partial charge in [-0.2, -0.15) is 0 Å². The van der Waals surface area contributed by atoms with Crippen LogP contribution in [0.3, 0.4) is 0 Å². The molecule has 0 aromatic rings. The van der Waals surface area contributed by atoms with E-state index in [0.717, 1.165) is 0 Å². The Balaban J connectivity index is 2.40. The first-order valence-corrected chi connectivity index (χ1v) is 6.03. The molecule has 1 fully saturated rings. The average Bonchev–Trinajstić information content (AvgIpc) is 2.65. The fraction of sp³-hybridized carbons (Fsp3) is 0.769. The van der Waals surface area contributed by atoms with E-state index in [1.54, 1.807) is 0 Å². The van der Waals surface area contributed by atoms with Gasteiger partial charge in [0.2, 0.25) is 5.78 Å². The summed E-state index contributed by atoms with van der Waals surface area (Å²) in [6.45, 7) is 10.7. The van der Waals surface area contributed by atoms with Crippen LogP contribution in [0.25, 0.3) is 0 Å². The molecule has 17 heavy (non-hydrogen) atoms. The van der Waals surface area contributed by atoms with E-state index in [2.05, 4.69) is 0 Å². The van der Waals surface area contributed by atoms with Gasteiger partial charge in [0.1, 0.15) is 0 Å². The number of hydrogen-bond donors (Lipinski definition) is 0. The molecule has 0 aromatic heterocycles. The van der Waals surface area contributed by atoms with Crippen LogP contribution >= 0.6 is 0 Å². The van der Waals surface area contributed by atoms with Gasteiger partial charge in [-0.15, -0.1) is 0 Å². The third-order valence-corrected chi connectivity index (χ3v) is 2.85. The van der Waals surface area contributed by atoms with Crippen LogP contribution in [0, 0.1) is 5.41 Å². The van der Waals surface area contributed by atoms with Crippen LogP contribution in [0.1, 0.15) is 34.6 Å². The van der Waals surface area contributed by atoms with E-state index in [0.29, 0.717) is 24.5 Å². The molecule has 1 aliphatic heterocycles. The number of ether oxygens (including phenoxy) is 3. The van der Waals surface area contributed by atoms with E-state index in [4.69, 9.17) is 14.2 Å². The van der Waals surface area contributed by atoms with Crippen molar-refractivity contribution < 1.29 is 19.0 Å². The summed E-state index contributed by atoms with van der Waals surface area (Å²) in [4.78, 5) is 12.2. The number of Topliss-reactive ketones (excluding diaryl/α,β-unsaturated/α-hetero) is 1. The summed E-state index contributed by atoms with van der Waals surface area (Å²) >= 11 is 0. The lowest BCUT2D eigenvalue weighted by Gasteiger charge is -2.43. The maximum atomic E-state index is 12.2. The lowest BCUT2D eigenvalue weighted by Crippen LogP contribution is -2.56. The molecule has 2 rings (SSSR count). The van der Waals surface area contributed by atoms with E-state index in [9.17, 15) is 4.79 Å². The van der Waals surface area contributed by atoms with Gasteiger partial charge in [-0.3, -0.25) is 4.79 Å². The summed E-state index contributed by atoms with van der Waals surface area (Å²) in [5.74, 6) is -0.743. The number of rotatable bonds is 2. The third kappa shape index (κ3) is 1.79. The Kier molecular flexibility index (Phi) is 2.83. The minimum absolute atomic E-state index is 0.000116. The molecule has 4 heteroatoms. The Labute approximate surface area is 102 Å². The highest BCUT2D eigenvalue weighted by atomic mass is 16.8. The van der Waals surface area contributed by atoms with Gasteiger partial charge in [-0.05, 0) is 19.3 Å². The monoisotopic (exact) mass is 240 g/mol. The second-order valence-electron chi connectivity index (χ2n) is 5.76. The van der Waals surface area contributed by atoms with Crippen molar-refractivity contribution in [1.29, 1.82) is 0 Å². The fourth-order valence-corrected chi connectivity index (χ4v) is 2.20. The summed E-state index contributed by atoms with van der Waals surface area (Å²) in [6, 6.07) is 0. The fourth-order valence-electron chi connectivity index (χ4n) is 2.20. The predicted octanol–water partition coefficient (Wildman–Crippen LogP) is 2.04. The maximum absolute atomic E-state index is 12.2. The lowest BCUT2D eigenvalue weighted by atomic mass is 9.72. The SMILES string of the molecule is CC(C)OC1=C(C(C)(C)C)C(=O)C12OCCO2. The van der Waals surface area contributed by atoms with Crippen LogP contribution in [-0.2, 0) is 19.0 Å². The van der Waals surface area contributed by atoms with Gasteiger partial charge >= 0.3 is 0 Å². The second-order valence-corrected chi connectivity index (χ2v) is 5.76. The van der Waals surface area contributed by atoms with Crippen molar-refractivity contribution in [3.63, 3.8) is 0 Å². The van der Waals surface area contributed by atoms with Crippen molar-refractivity contribution in [2.24, 2.45) is 5.41 Å². The Morgan fingerprint density at radius 3 is 2.18 bits per heavy atom. The summed E-state index contributed by atoms with van der Waals surface area (Å²) in [5, 5.41) is 0. The quantitative estimate of drug-likeness (QED) is 0.741. The molecule has 96 valence electrons. The molecule has 0 saturated carbocycles. The van der Waals surface area contributed by atoms with E-state index < -0.39 is 5.79 Å². The minimum Gasteiger partial charge on any atom is -0.489 e. The molecule has 4 nitrogen and oxygen atoms in total. The lowest BCUT2D eigenvalue weighted by molar-refractivity contribution is -0.192. The Morgan fingerprint density at radius 2 is 1.76 bits per heavy atom. The highest BCUT2D eigenvalue weighted by Crippen LogP contribution is 2.49. The normalized spacial score (nSPS) is 23.5. The second kappa shape index (κ2) is 3.82. The summed E-state index contributed by atoms with van der Waals surface area (Å²) in [6.07, 6.45) is 0.000116. The molecular formula is C13H20O4. The van der Waals surface area contributed by atoms with Crippen LogP contribution in [-0.4, -0.2) is 30.9 Å². The first-order chi connectivity index (χ1) is 7.79. The highest BCUT2D eigenvalue weighted by molar-refractivity contribution is 6.11. The topological polar surface area (TPSA) is 44.8 Å². The molecule has 1 saturated heterocycles. The standard InChI is InChI=1S/C13H20O4/c1-8(2)17-11-9(12(3,4)5)10(14)13(11)15-6-7-16-13/h8H,6-7H2,1-5H3.